The fourth-order valence-electron chi connectivity index (χ4n) is 1.95. The summed E-state index contributed by atoms with van der Waals surface area (Å²) >= 11 is 0. The Bertz CT molecular complexity index is 695. The van der Waals surface area contributed by atoms with Gasteiger partial charge in [-0.05, 0) is 25.1 Å². The monoisotopic (exact) mass is 267 g/mol. The number of aryl methyl sites for hydroxylation is 1. The summed E-state index contributed by atoms with van der Waals surface area (Å²) in [6.07, 6.45) is 0. The van der Waals surface area contributed by atoms with E-state index in [9.17, 15) is 13.0 Å². The predicted octanol–water partition coefficient (Wildman–Crippen LogP) is 1.06. The summed E-state index contributed by atoms with van der Waals surface area (Å²) in [5.41, 5.74) is 0.690. The SMILES string of the molecule is CC[n+]1c(S(=O)(=O)[O-])ccc2cc(OC)ccc21. The maximum absolute atomic E-state index is 11.2. The Balaban J connectivity index is 2.81. The summed E-state index contributed by atoms with van der Waals surface area (Å²) in [5, 5.41) is 0.603. The van der Waals surface area contributed by atoms with Gasteiger partial charge in [0.15, 0.2) is 10.1 Å². The molecule has 0 N–H and O–H groups in total. The van der Waals surface area contributed by atoms with Crippen LogP contribution < -0.4 is 9.30 Å². The maximum Gasteiger partial charge on any atom is 0.285 e. The first-order valence-corrected chi connectivity index (χ1v) is 6.84. The Morgan fingerprint density at radius 3 is 2.56 bits per heavy atom. The van der Waals surface area contributed by atoms with Crippen LogP contribution in [-0.4, -0.2) is 20.1 Å². The molecule has 0 bridgehead atoms. The van der Waals surface area contributed by atoms with Gasteiger partial charge in [0.25, 0.3) is 5.03 Å². The fourth-order valence-corrected chi connectivity index (χ4v) is 2.69. The van der Waals surface area contributed by atoms with Gasteiger partial charge in [-0.25, -0.2) is 8.42 Å². The highest BCUT2D eigenvalue weighted by molar-refractivity contribution is 7.85. The lowest BCUT2D eigenvalue weighted by Gasteiger charge is -2.09. The van der Waals surface area contributed by atoms with Gasteiger partial charge in [-0.15, -0.1) is 0 Å². The molecule has 0 amide bonds. The van der Waals surface area contributed by atoms with Crippen LogP contribution in [0.25, 0.3) is 10.9 Å². The minimum absolute atomic E-state index is 0.220. The maximum atomic E-state index is 11.2. The molecule has 0 aliphatic carbocycles. The highest BCUT2D eigenvalue weighted by Gasteiger charge is 2.19. The zero-order valence-corrected chi connectivity index (χ0v) is 10.9. The van der Waals surface area contributed by atoms with Gasteiger partial charge >= 0.3 is 0 Å². The molecule has 2 rings (SSSR count). The topological polar surface area (TPSA) is 70.3 Å². The zero-order valence-electron chi connectivity index (χ0n) is 10.1. The van der Waals surface area contributed by atoms with E-state index in [1.165, 1.54) is 10.6 Å². The van der Waals surface area contributed by atoms with E-state index in [2.05, 4.69) is 0 Å². The van der Waals surface area contributed by atoms with Crippen molar-refractivity contribution in [1.82, 2.24) is 0 Å². The zero-order chi connectivity index (χ0) is 13.3. The van der Waals surface area contributed by atoms with Gasteiger partial charge in [0.2, 0.25) is 5.52 Å². The molecule has 18 heavy (non-hydrogen) atoms. The minimum Gasteiger partial charge on any atom is -0.740 e. The molecule has 1 heterocycles. The molecule has 0 saturated carbocycles. The molecule has 1 aromatic heterocycles. The number of benzene rings is 1. The van der Waals surface area contributed by atoms with Crippen LogP contribution in [-0.2, 0) is 16.7 Å². The first-order valence-electron chi connectivity index (χ1n) is 5.44. The van der Waals surface area contributed by atoms with Gasteiger partial charge in [-0.3, -0.25) is 0 Å². The Labute approximate surface area is 105 Å². The standard InChI is InChI=1S/C12H13NO4S/c1-3-13-11-6-5-10(17-2)8-9(11)4-7-12(13)18(14,15)16/h4-8H,3H2,1-2H3. The van der Waals surface area contributed by atoms with E-state index in [1.54, 1.807) is 38.3 Å². The molecule has 0 spiro atoms. The van der Waals surface area contributed by atoms with E-state index in [4.69, 9.17) is 4.74 Å². The summed E-state index contributed by atoms with van der Waals surface area (Å²) in [5.74, 6) is 0.683. The van der Waals surface area contributed by atoms with E-state index in [0.717, 1.165) is 5.39 Å². The lowest BCUT2D eigenvalue weighted by atomic mass is 10.2. The van der Waals surface area contributed by atoms with Crippen molar-refractivity contribution in [3.05, 3.63) is 30.3 Å². The second kappa shape index (κ2) is 4.55. The van der Waals surface area contributed by atoms with Crippen molar-refractivity contribution in [2.24, 2.45) is 0 Å². The second-order valence-electron chi connectivity index (χ2n) is 3.79. The minimum atomic E-state index is -4.47. The highest BCUT2D eigenvalue weighted by atomic mass is 32.2. The van der Waals surface area contributed by atoms with Gasteiger partial charge in [-0.1, -0.05) is 0 Å². The van der Waals surface area contributed by atoms with Gasteiger partial charge in [0.05, 0.1) is 12.5 Å². The van der Waals surface area contributed by atoms with Crippen molar-refractivity contribution in [3.8, 4) is 5.75 Å². The molecule has 5 nitrogen and oxygen atoms in total. The van der Waals surface area contributed by atoms with E-state index >= 15 is 0 Å². The summed E-state index contributed by atoms with van der Waals surface area (Å²) < 4.78 is 40.1. The molecule has 0 aliphatic rings. The van der Waals surface area contributed by atoms with Crippen LogP contribution in [0.5, 0.6) is 5.75 Å². The van der Waals surface area contributed by atoms with Crippen molar-refractivity contribution in [1.29, 1.82) is 0 Å². The van der Waals surface area contributed by atoms with Crippen LogP contribution in [0, 0.1) is 0 Å². The number of hydrogen-bond acceptors (Lipinski definition) is 4. The number of hydrogen-bond donors (Lipinski definition) is 0. The predicted molar refractivity (Wildman–Crippen MR) is 64.3 cm³/mol. The summed E-state index contributed by atoms with van der Waals surface area (Å²) in [6.45, 7) is 2.19. The Morgan fingerprint density at radius 1 is 1.28 bits per heavy atom. The molecular formula is C12H13NO4S. The normalized spacial score (nSPS) is 11.7. The first-order chi connectivity index (χ1) is 8.47. The lowest BCUT2D eigenvalue weighted by Crippen LogP contribution is -2.39. The smallest absolute Gasteiger partial charge is 0.285 e. The molecular weight excluding hydrogens is 254 g/mol. The van der Waals surface area contributed by atoms with Gasteiger partial charge in [0, 0.05) is 12.1 Å². The number of pyridine rings is 1. The third-order valence-electron chi connectivity index (χ3n) is 2.77. The molecule has 96 valence electrons. The molecule has 0 radical (unpaired) electrons. The highest BCUT2D eigenvalue weighted by Crippen LogP contribution is 2.19. The van der Waals surface area contributed by atoms with Crippen LogP contribution in [0.1, 0.15) is 6.92 Å². The molecule has 0 saturated heterocycles. The number of nitrogens with zero attached hydrogens (tertiary/aromatic N) is 1. The molecule has 6 heteroatoms. The number of ether oxygens (including phenoxy) is 1. The lowest BCUT2D eigenvalue weighted by molar-refractivity contribution is -0.706. The van der Waals surface area contributed by atoms with Crippen molar-refractivity contribution < 1.29 is 22.3 Å². The van der Waals surface area contributed by atoms with E-state index in [0.29, 0.717) is 17.8 Å². The number of aromatic nitrogens is 1. The largest absolute Gasteiger partial charge is 0.740 e. The molecule has 0 atom stereocenters. The Kier molecular flexibility index (Phi) is 3.23. The van der Waals surface area contributed by atoms with Crippen LogP contribution in [0.3, 0.4) is 0 Å². The van der Waals surface area contributed by atoms with Crippen molar-refractivity contribution in [3.63, 3.8) is 0 Å². The third-order valence-corrected chi connectivity index (χ3v) is 3.64. The van der Waals surface area contributed by atoms with Crippen LogP contribution >= 0.6 is 0 Å². The Hall–Kier alpha value is -1.66. The first kappa shape index (κ1) is 12.8. The Morgan fingerprint density at radius 2 is 2.00 bits per heavy atom. The van der Waals surface area contributed by atoms with E-state index in [-0.39, 0.29) is 5.03 Å². The summed E-state index contributed by atoms with van der Waals surface area (Å²) in [4.78, 5) is 0. The fraction of sp³-hybridized carbons (Fsp3) is 0.250. The molecule has 1 aromatic carbocycles. The second-order valence-corrected chi connectivity index (χ2v) is 5.12. The van der Waals surface area contributed by atoms with Crippen LogP contribution in [0.15, 0.2) is 35.4 Å². The van der Waals surface area contributed by atoms with Gasteiger partial charge in [0.1, 0.15) is 12.3 Å². The van der Waals surface area contributed by atoms with Gasteiger partial charge < -0.3 is 9.29 Å². The van der Waals surface area contributed by atoms with Gasteiger partial charge in [-0.2, -0.15) is 4.57 Å². The van der Waals surface area contributed by atoms with Crippen LogP contribution in [0.4, 0.5) is 0 Å². The number of methoxy groups -OCH3 is 1. The summed E-state index contributed by atoms with van der Waals surface area (Å²) in [7, 11) is -2.91. The van der Waals surface area contributed by atoms with Crippen LogP contribution in [0.2, 0.25) is 0 Å². The summed E-state index contributed by atoms with van der Waals surface area (Å²) in [6, 6.07) is 8.20. The molecule has 0 fully saturated rings. The molecule has 0 unspecified atom stereocenters. The molecule has 2 aromatic rings. The number of fused-ring (bicyclic) bond motifs is 1. The van der Waals surface area contributed by atoms with E-state index in [1.807, 2.05) is 0 Å². The van der Waals surface area contributed by atoms with Crippen molar-refractivity contribution in [2.75, 3.05) is 7.11 Å². The average Bonchev–Trinajstić information content (AvgIpc) is 2.35. The third kappa shape index (κ3) is 2.16. The van der Waals surface area contributed by atoms with Crippen molar-refractivity contribution >= 4 is 21.0 Å². The number of rotatable bonds is 3. The van der Waals surface area contributed by atoms with E-state index < -0.39 is 10.1 Å². The quantitative estimate of drug-likeness (QED) is 0.616. The van der Waals surface area contributed by atoms with Crippen molar-refractivity contribution in [2.45, 2.75) is 18.5 Å². The average molecular weight is 267 g/mol. The molecule has 0 aliphatic heterocycles.